The van der Waals surface area contributed by atoms with Gasteiger partial charge in [-0.15, -0.1) is 0 Å². The third kappa shape index (κ3) is 2.77. The van der Waals surface area contributed by atoms with E-state index < -0.39 is 13.8 Å². The van der Waals surface area contributed by atoms with Gasteiger partial charge in [-0.2, -0.15) is 0 Å². The van der Waals surface area contributed by atoms with E-state index in [1.54, 1.807) is 33.5 Å². The van der Waals surface area contributed by atoms with Crippen molar-refractivity contribution in [2.75, 3.05) is 21.3 Å². The summed E-state index contributed by atoms with van der Waals surface area (Å²) >= 11 is 0. The second-order valence-corrected chi connectivity index (χ2v) is 9.02. The van der Waals surface area contributed by atoms with Crippen LogP contribution in [0, 0.1) is 5.92 Å². The number of ketones is 1. The number of carbonyl (C=O) groups is 1. The molecule has 1 rings (SSSR count). The summed E-state index contributed by atoms with van der Waals surface area (Å²) in [6.07, 6.45) is 6.99. The van der Waals surface area contributed by atoms with Crippen molar-refractivity contribution in [2.45, 2.75) is 50.8 Å². The summed E-state index contributed by atoms with van der Waals surface area (Å²) in [5.74, 6) is -0.0301. The molecule has 0 bridgehead atoms. The van der Waals surface area contributed by atoms with Gasteiger partial charge < -0.3 is 13.6 Å². The fraction of sp³-hybridized carbons (Fsp3) is 0.800. The van der Waals surface area contributed by atoms with Crippen molar-refractivity contribution in [1.29, 1.82) is 0 Å². The first-order valence-corrected chi connectivity index (χ1v) is 9.41. The Balaban J connectivity index is 3.30. The molecule has 1 fully saturated rings. The highest BCUT2D eigenvalue weighted by Crippen LogP contribution is 2.47. The highest BCUT2D eigenvalue weighted by Gasteiger charge is 2.64. The third-order valence-electron chi connectivity index (χ3n) is 4.53. The maximum Gasteiger partial charge on any atom is 0.371 e. The first-order chi connectivity index (χ1) is 9.57. The van der Waals surface area contributed by atoms with Gasteiger partial charge in [-0.3, -0.25) is 4.79 Å². The van der Waals surface area contributed by atoms with Gasteiger partial charge in [-0.05, 0) is 31.9 Å². The monoisotopic (exact) mass is 300 g/mol. The summed E-state index contributed by atoms with van der Waals surface area (Å²) in [4.78, 5) is 12.5. The smallest absolute Gasteiger partial charge is 0.371 e. The standard InChI is InChI=1S/C15H28O4Si/c1-6-9-14(16)13-10-8-12-20(18-4,19-5)15(13,17-3)11-7-2/h6,9,13H,7-8,10-12H2,1-5H3. The minimum atomic E-state index is -2.56. The summed E-state index contributed by atoms with van der Waals surface area (Å²) < 4.78 is 17.7. The van der Waals surface area contributed by atoms with Gasteiger partial charge in [0.2, 0.25) is 0 Å². The molecule has 0 aliphatic carbocycles. The van der Waals surface area contributed by atoms with Gasteiger partial charge >= 0.3 is 8.56 Å². The molecule has 2 atom stereocenters. The fourth-order valence-electron chi connectivity index (χ4n) is 3.67. The minimum Gasteiger partial charge on any atom is -0.396 e. The number of allylic oxidation sites excluding steroid dienone is 2. The highest BCUT2D eigenvalue weighted by atomic mass is 28.4. The van der Waals surface area contributed by atoms with Crippen LogP contribution in [0.1, 0.15) is 39.5 Å². The summed E-state index contributed by atoms with van der Waals surface area (Å²) in [7, 11) is 2.52. The Morgan fingerprint density at radius 3 is 2.45 bits per heavy atom. The molecule has 0 saturated carbocycles. The van der Waals surface area contributed by atoms with Crippen LogP contribution in [0.15, 0.2) is 12.2 Å². The lowest BCUT2D eigenvalue weighted by Crippen LogP contribution is -2.69. The fourth-order valence-corrected chi connectivity index (χ4v) is 7.79. The zero-order valence-electron chi connectivity index (χ0n) is 13.4. The molecule has 1 aliphatic rings. The van der Waals surface area contributed by atoms with Crippen molar-refractivity contribution in [3.63, 3.8) is 0 Å². The van der Waals surface area contributed by atoms with Gasteiger partial charge in [0.15, 0.2) is 5.78 Å². The molecule has 20 heavy (non-hydrogen) atoms. The summed E-state index contributed by atoms with van der Waals surface area (Å²) in [6.45, 7) is 3.98. The molecular weight excluding hydrogens is 272 g/mol. The van der Waals surface area contributed by atoms with Crippen LogP contribution in [-0.4, -0.2) is 40.9 Å². The van der Waals surface area contributed by atoms with E-state index >= 15 is 0 Å². The molecule has 0 amide bonds. The van der Waals surface area contributed by atoms with Gasteiger partial charge in [0.05, 0.1) is 5.92 Å². The Kier molecular flexibility index (Phi) is 6.58. The Bertz CT molecular complexity index is 352. The molecule has 0 N–H and O–H groups in total. The number of hydrogen-bond donors (Lipinski definition) is 0. The Hall–Kier alpha value is -0.493. The molecule has 116 valence electrons. The zero-order valence-corrected chi connectivity index (χ0v) is 14.4. The van der Waals surface area contributed by atoms with Crippen molar-refractivity contribution in [3.8, 4) is 0 Å². The van der Waals surface area contributed by atoms with E-state index in [2.05, 4.69) is 6.92 Å². The number of methoxy groups -OCH3 is 1. The van der Waals surface area contributed by atoms with Crippen molar-refractivity contribution >= 4 is 14.3 Å². The molecule has 1 saturated heterocycles. The molecule has 1 heterocycles. The maximum absolute atomic E-state index is 12.5. The van der Waals surface area contributed by atoms with Gasteiger partial charge in [0.1, 0.15) is 5.22 Å². The van der Waals surface area contributed by atoms with E-state index in [0.717, 1.165) is 31.7 Å². The van der Waals surface area contributed by atoms with Crippen molar-refractivity contribution in [2.24, 2.45) is 5.92 Å². The van der Waals surface area contributed by atoms with Crippen molar-refractivity contribution < 1.29 is 18.4 Å². The molecule has 0 aromatic carbocycles. The SMILES string of the molecule is CC=CC(=O)C1CCC[Si](OC)(OC)C1(CCC)OC. The summed E-state index contributed by atoms with van der Waals surface area (Å²) in [6, 6.07) is 0.882. The topological polar surface area (TPSA) is 44.8 Å². The van der Waals surface area contributed by atoms with E-state index in [0.29, 0.717) is 0 Å². The summed E-state index contributed by atoms with van der Waals surface area (Å²) in [5, 5.41) is -0.583. The van der Waals surface area contributed by atoms with E-state index in [4.69, 9.17) is 13.6 Å². The second kappa shape index (κ2) is 7.50. The Morgan fingerprint density at radius 2 is 2.00 bits per heavy atom. The van der Waals surface area contributed by atoms with E-state index in [1.165, 1.54) is 0 Å². The highest BCUT2D eigenvalue weighted by molar-refractivity contribution is 6.71. The molecule has 2 unspecified atom stereocenters. The van der Waals surface area contributed by atoms with E-state index in [9.17, 15) is 4.79 Å². The maximum atomic E-state index is 12.5. The van der Waals surface area contributed by atoms with Gasteiger partial charge in [0.25, 0.3) is 0 Å². The molecule has 0 radical (unpaired) electrons. The van der Waals surface area contributed by atoms with Gasteiger partial charge in [-0.1, -0.05) is 25.8 Å². The Morgan fingerprint density at radius 1 is 1.35 bits per heavy atom. The van der Waals surface area contributed by atoms with Crippen LogP contribution < -0.4 is 0 Å². The van der Waals surface area contributed by atoms with Crippen LogP contribution in [0.3, 0.4) is 0 Å². The van der Waals surface area contributed by atoms with Gasteiger partial charge in [-0.25, -0.2) is 0 Å². The molecule has 4 nitrogen and oxygen atoms in total. The Labute approximate surface area is 123 Å². The first-order valence-electron chi connectivity index (χ1n) is 7.39. The number of hydrogen-bond acceptors (Lipinski definition) is 4. The number of ether oxygens (including phenoxy) is 1. The molecule has 0 aromatic heterocycles. The van der Waals surface area contributed by atoms with E-state index in [-0.39, 0.29) is 11.7 Å². The average molecular weight is 300 g/mol. The summed E-state index contributed by atoms with van der Waals surface area (Å²) in [5.41, 5.74) is 0. The van der Waals surface area contributed by atoms with Crippen LogP contribution in [0.5, 0.6) is 0 Å². The van der Waals surface area contributed by atoms with Crippen LogP contribution >= 0.6 is 0 Å². The van der Waals surface area contributed by atoms with Crippen LogP contribution in [0.2, 0.25) is 6.04 Å². The first kappa shape index (κ1) is 17.6. The lowest BCUT2D eigenvalue weighted by molar-refractivity contribution is -0.130. The van der Waals surface area contributed by atoms with Crippen LogP contribution in [0.25, 0.3) is 0 Å². The molecule has 0 aromatic rings. The van der Waals surface area contributed by atoms with E-state index in [1.807, 2.05) is 6.92 Å². The van der Waals surface area contributed by atoms with Crippen molar-refractivity contribution in [3.05, 3.63) is 12.2 Å². The largest absolute Gasteiger partial charge is 0.396 e. The zero-order chi connectivity index (χ0) is 15.2. The normalized spacial score (nSPS) is 29.8. The second-order valence-electron chi connectivity index (χ2n) is 5.35. The third-order valence-corrected chi connectivity index (χ3v) is 8.95. The average Bonchev–Trinajstić information content (AvgIpc) is 2.47. The lowest BCUT2D eigenvalue weighted by atomic mass is 9.88. The minimum absolute atomic E-state index is 0.133. The molecule has 0 spiro atoms. The molecule has 5 heteroatoms. The predicted molar refractivity (Wildman–Crippen MR) is 81.8 cm³/mol. The quantitative estimate of drug-likeness (QED) is 0.535. The number of carbonyl (C=O) groups excluding carboxylic acids is 1. The lowest BCUT2D eigenvalue weighted by Gasteiger charge is -2.51. The predicted octanol–water partition coefficient (Wildman–Crippen LogP) is 3.00. The number of rotatable bonds is 7. The molecule has 1 aliphatic heterocycles. The van der Waals surface area contributed by atoms with Crippen LogP contribution in [-0.2, 0) is 18.4 Å². The molecular formula is C15H28O4Si. The van der Waals surface area contributed by atoms with Crippen molar-refractivity contribution in [1.82, 2.24) is 0 Å². The van der Waals surface area contributed by atoms with Crippen LogP contribution in [0.4, 0.5) is 0 Å². The van der Waals surface area contributed by atoms with Gasteiger partial charge in [0, 0.05) is 21.3 Å².